The smallest absolute Gasteiger partial charge is 0.156 e. The minimum Gasteiger partial charge on any atom is -0.393 e. The fourth-order valence-corrected chi connectivity index (χ4v) is 7.48. The van der Waals surface area contributed by atoms with Crippen LogP contribution in [0.2, 0.25) is 0 Å². The molecule has 0 unspecified atom stereocenters. The van der Waals surface area contributed by atoms with Gasteiger partial charge in [0.05, 0.1) is 12.2 Å². The summed E-state index contributed by atoms with van der Waals surface area (Å²) >= 11 is 0. The van der Waals surface area contributed by atoms with Gasteiger partial charge in [-0.15, -0.1) is 0 Å². The van der Waals surface area contributed by atoms with Crippen LogP contribution in [0.25, 0.3) is 0 Å². The lowest BCUT2D eigenvalue weighted by atomic mass is 9.44. The number of aliphatic hydroxyl groups is 2. The van der Waals surface area contributed by atoms with Crippen molar-refractivity contribution >= 4 is 5.78 Å². The van der Waals surface area contributed by atoms with E-state index in [9.17, 15) is 15.0 Å². The zero-order valence-corrected chi connectivity index (χ0v) is 15.3. The van der Waals surface area contributed by atoms with E-state index < -0.39 is 0 Å². The normalized spacial score (nSPS) is 53.6. The summed E-state index contributed by atoms with van der Waals surface area (Å²) in [5.74, 6) is 2.09. The quantitative estimate of drug-likeness (QED) is 0.773. The van der Waals surface area contributed by atoms with Crippen LogP contribution in [0, 0.1) is 34.5 Å². The first-order valence-corrected chi connectivity index (χ1v) is 9.85. The Kier molecular flexibility index (Phi) is 3.78. The number of rotatable bonds is 1. The first-order chi connectivity index (χ1) is 11.3. The molecule has 2 N–H and O–H groups in total. The van der Waals surface area contributed by atoms with Crippen LogP contribution in [0.3, 0.4) is 0 Å². The number of aliphatic hydroxyl groups excluding tert-OH is 2. The molecule has 4 rings (SSSR count). The van der Waals surface area contributed by atoms with Crippen LogP contribution >= 0.6 is 0 Å². The number of carbonyl (C=O) groups excluding carboxylic acids is 1. The van der Waals surface area contributed by atoms with Gasteiger partial charge in [0, 0.05) is 5.41 Å². The van der Waals surface area contributed by atoms with Crippen molar-refractivity contribution in [2.45, 2.75) is 77.9 Å². The Bertz CT molecular complexity index is 582. The van der Waals surface area contributed by atoms with Crippen LogP contribution in [0.15, 0.2) is 11.6 Å². The molecule has 0 bridgehead atoms. The number of hydrogen-bond donors (Lipinski definition) is 2. The van der Waals surface area contributed by atoms with Gasteiger partial charge in [0.15, 0.2) is 5.78 Å². The third kappa shape index (κ3) is 2.13. The van der Waals surface area contributed by atoms with Gasteiger partial charge in [-0.05, 0) is 86.5 Å². The molecule has 0 heterocycles. The van der Waals surface area contributed by atoms with Gasteiger partial charge in [0.25, 0.3) is 0 Å². The van der Waals surface area contributed by atoms with Crippen molar-refractivity contribution in [2.75, 3.05) is 0 Å². The topological polar surface area (TPSA) is 57.5 Å². The highest BCUT2D eigenvalue weighted by atomic mass is 16.3. The van der Waals surface area contributed by atoms with E-state index in [4.69, 9.17) is 0 Å². The molecule has 134 valence electrons. The Morgan fingerprint density at radius 2 is 1.96 bits per heavy atom. The highest BCUT2D eigenvalue weighted by Gasteiger charge is 2.61. The van der Waals surface area contributed by atoms with E-state index >= 15 is 0 Å². The van der Waals surface area contributed by atoms with E-state index in [1.807, 2.05) is 0 Å². The third-order valence-electron chi connectivity index (χ3n) is 8.53. The molecule has 3 nitrogen and oxygen atoms in total. The lowest BCUT2D eigenvalue weighted by Crippen LogP contribution is -2.59. The molecule has 24 heavy (non-hydrogen) atoms. The summed E-state index contributed by atoms with van der Waals surface area (Å²) in [6, 6.07) is 0. The maximum absolute atomic E-state index is 12.1. The van der Waals surface area contributed by atoms with Crippen molar-refractivity contribution in [3.8, 4) is 0 Å². The van der Waals surface area contributed by atoms with Gasteiger partial charge in [-0.2, -0.15) is 0 Å². The SMILES string of the molecule is CC(=O)C1=CC[C@H]2[C@@H]3CC[C@H]4C[C@@H](O)CC[C@]4(C)[C@H]3[C@H](O)C[C@]12C. The Labute approximate surface area is 145 Å². The molecule has 0 aliphatic heterocycles. The van der Waals surface area contributed by atoms with Gasteiger partial charge in [-0.25, -0.2) is 0 Å². The molecule has 0 saturated heterocycles. The molecule has 0 amide bonds. The summed E-state index contributed by atoms with van der Waals surface area (Å²) in [6.45, 7) is 6.27. The Hall–Kier alpha value is -0.670. The Morgan fingerprint density at radius 1 is 1.21 bits per heavy atom. The maximum Gasteiger partial charge on any atom is 0.156 e. The minimum atomic E-state index is -0.319. The Morgan fingerprint density at radius 3 is 2.67 bits per heavy atom. The molecule has 0 aromatic carbocycles. The minimum absolute atomic E-state index is 0.135. The number of allylic oxidation sites excluding steroid dienone is 2. The van der Waals surface area contributed by atoms with Crippen molar-refractivity contribution in [3.63, 3.8) is 0 Å². The van der Waals surface area contributed by atoms with Crippen LogP contribution in [0.4, 0.5) is 0 Å². The fourth-order valence-electron chi connectivity index (χ4n) is 7.48. The second-order valence-electron chi connectivity index (χ2n) is 9.60. The summed E-state index contributed by atoms with van der Waals surface area (Å²) in [5, 5.41) is 21.3. The number of Topliss-reactive ketones (excluding diaryl/α,β-unsaturated/α-hetero) is 1. The van der Waals surface area contributed by atoms with Crippen molar-refractivity contribution in [1.82, 2.24) is 0 Å². The first kappa shape index (κ1) is 16.8. The van der Waals surface area contributed by atoms with E-state index in [1.54, 1.807) is 6.92 Å². The summed E-state index contributed by atoms with van der Waals surface area (Å²) in [6.07, 6.45) is 8.57. The molecular weight excluding hydrogens is 300 g/mol. The predicted molar refractivity (Wildman–Crippen MR) is 93.3 cm³/mol. The van der Waals surface area contributed by atoms with Gasteiger partial charge >= 0.3 is 0 Å². The molecule has 4 aliphatic rings. The molecule has 4 aliphatic carbocycles. The summed E-state index contributed by atoms with van der Waals surface area (Å²) < 4.78 is 0. The van der Waals surface area contributed by atoms with E-state index in [1.165, 1.54) is 6.42 Å². The lowest BCUT2D eigenvalue weighted by molar-refractivity contribution is -0.169. The van der Waals surface area contributed by atoms with Crippen molar-refractivity contribution < 1.29 is 15.0 Å². The molecule has 3 fully saturated rings. The largest absolute Gasteiger partial charge is 0.393 e. The zero-order valence-electron chi connectivity index (χ0n) is 15.3. The standard InChI is InChI=1S/C21H32O3/c1-12(22)16-6-7-17-15-5-4-13-10-14(23)8-9-20(13,2)19(15)18(24)11-21(16,17)3/h6,13-15,17-19,23-24H,4-5,7-11H2,1-3H3/t13-,14-,15-,17-,18+,19+,20-,21+/m0/s1. The van der Waals surface area contributed by atoms with Crippen LogP contribution in [0.5, 0.6) is 0 Å². The van der Waals surface area contributed by atoms with Crippen LogP contribution in [-0.2, 0) is 4.79 Å². The van der Waals surface area contributed by atoms with Gasteiger partial charge in [0.2, 0.25) is 0 Å². The molecule has 0 radical (unpaired) electrons. The molecule has 3 saturated carbocycles. The Balaban J connectivity index is 1.68. The van der Waals surface area contributed by atoms with Crippen LogP contribution < -0.4 is 0 Å². The molecule has 0 aromatic heterocycles. The van der Waals surface area contributed by atoms with Crippen molar-refractivity contribution in [1.29, 1.82) is 0 Å². The molecule has 3 heteroatoms. The number of fused-ring (bicyclic) bond motifs is 5. The number of hydrogen-bond acceptors (Lipinski definition) is 3. The van der Waals surface area contributed by atoms with Gasteiger partial charge in [0.1, 0.15) is 0 Å². The second kappa shape index (κ2) is 5.41. The van der Waals surface area contributed by atoms with Crippen molar-refractivity contribution in [3.05, 3.63) is 11.6 Å². The summed E-state index contributed by atoms with van der Waals surface area (Å²) in [7, 11) is 0. The van der Waals surface area contributed by atoms with E-state index in [2.05, 4.69) is 19.9 Å². The van der Waals surface area contributed by atoms with E-state index in [0.29, 0.717) is 23.7 Å². The number of ketones is 1. The fraction of sp³-hybridized carbons (Fsp3) is 0.857. The molecule has 0 aromatic rings. The highest BCUT2D eigenvalue weighted by Crippen LogP contribution is 2.66. The average Bonchev–Trinajstić information content (AvgIpc) is 2.84. The first-order valence-electron chi connectivity index (χ1n) is 9.85. The average molecular weight is 332 g/mol. The van der Waals surface area contributed by atoms with Gasteiger partial charge in [-0.1, -0.05) is 19.9 Å². The van der Waals surface area contributed by atoms with Crippen molar-refractivity contribution in [2.24, 2.45) is 34.5 Å². The molecular formula is C21H32O3. The molecule has 8 atom stereocenters. The zero-order chi connectivity index (χ0) is 17.3. The maximum atomic E-state index is 12.1. The van der Waals surface area contributed by atoms with Gasteiger partial charge in [-0.3, -0.25) is 4.79 Å². The number of carbonyl (C=O) groups is 1. The lowest BCUT2D eigenvalue weighted by Gasteiger charge is -2.62. The second-order valence-corrected chi connectivity index (χ2v) is 9.60. The van der Waals surface area contributed by atoms with Crippen LogP contribution in [-0.4, -0.2) is 28.2 Å². The van der Waals surface area contributed by atoms with Crippen LogP contribution in [0.1, 0.15) is 65.7 Å². The highest BCUT2D eigenvalue weighted by molar-refractivity contribution is 5.95. The third-order valence-corrected chi connectivity index (χ3v) is 8.53. The van der Waals surface area contributed by atoms with E-state index in [-0.39, 0.29) is 28.8 Å². The predicted octanol–water partition coefficient (Wildman–Crippen LogP) is 3.49. The monoisotopic (exact) mass is 332 g/mol. The summed E-state index contributed by atoms with van der Waals surface area (Å²) in [4.78, 5) is 12.1. The van der Waals surface area contributed by atoms with Gasteiger partial charge < -0.3 is 10.2 Å². The summed E-state index contributed by atoms with van der Waals surface area (Å²) in [5.41, 5.74) is 0.988. The molecule has 0 spiro atoms. The van der Waals surface area contributed by atoms with E-state index in [0.717, 1.165) is 44.1 Å².